The van der Waals surface area contributed by atoms with Crippen molar-refractivity contribution in [2.24, 2.45) is 5.73 Å². The van der Waals surface area contributed by atoms with E-state index >= 15 is 0 Å². The molecule has 1 unspecified atom stereocenters. The Labute approximate surface area is 91.1 Å². The zero-order valence-corrected chi connectivity index (χ0v) is 9.73. The molecule has 0 aliphatic heterocycles. The molecule has 1 aromatic carbocycles. The number of aromatic hydroxyl groups is 1. The van der Waals surface area contributed by atoms with Crippen molar-refractivity contribution in [1.82, 2.24) is 0 Å². The van der Waals surface area contributed by atoms with Gasteiger partial charge in [0, 0.05) is 11.1 Å². The lowest BCUT2D eigenvalue weighted by Gasteiger charge is -2.24. The molecule has 0 amide bonds. The Morgan fingerprint density at radius 2 is 2.14 bits per heavy atom. The fourth-order valence-corrected chi connectivity index (χ4v) is 1.62. The fourth-order valence-electron chi connectivity index (χ4n) is 1.19. The molecule has 0 bridgehead atoms. The van der Waals surface area contributed by atoms with Crippen LogP contribution in [-0.4, -0.2) is 5.11 Å². The summed E-state index contributed by atoms with van der Waals surface area (Å²) >= 11 is 3.07. The standard InChI is InChI=1S/C10H13BrFNO/c1-3-10(2,13)7-4-6(12)5-8(11)9(7)14/h4-5,14H,3,13H2,1-2H3. The topological polar surface area (TPSA) is 46.2 Å². The average Bonchev–Trinajstić information content (AvgIpc) is 2.11. The molecule has 14 heavy (non-hydrogen) atoms. The van der Waals surface area contributed by atoms with Crippen molar-refractivity contribution in [2.75, 3.05) is 0 Å². The van der Waals surface area contributed by atoms with Crippen LogP contribution in [0.1, 0.15) is 25.8 Å². The van der Waals surface area contributed by atoms with Crippen molar-refractivity contribution >= 4 is 15.9 Å². The summed E-state index contributed by atoms with van der Waals surface area (Å²) in [7, 11) is 0. The van der Waals surface area contributed by atoms with Gasteiger partial charge in [0.25, 0.3) is 0 Å². The van der Waals surface area contributed by atoms with Gasteiger partial charge in [-0.1, -0.05) is 6.92 Å². The third-order valence-corrected chi connectivity index (χ3v) is 2.98. The third kappa shape index (κ3) is 2.07. The van der Waals surface area contributed by atoms with E-state index in [0.717, 1.165) is 0 Å². The van der Waals surface area contributed by atoms with Crippen molar-refractivity contribution in [3.63, 3.8) is 0 Å². The van der Waals surface area contributed by atoms with E-state index in [9.17, 15) is 9.50 Å². The van der Waals surface area contributed by atoms with Crippen LogP contribution in [0.4, 0.5) is 4.39 Å². The van der Waals surface area contributed by atoms with Crippen molar-refractivity contribution in [1.29, 1.82) is 0 Å². The summed E-state index contributed by atoms with van der Waals surface area (Å²) in [5.74, 6) is -0.395. The van der Waals surface area contributed by atoms with Gasteiger partial charge in [0.2, 0.25) is 0 Å². The van der Waals surface area contributed by atoms with Crippen LogP contribution in [0, 0.1) is 5.82 Å². The quantitative estimate of drug-likeness (QED) is 0.860. The highest BCUT2D eigenvalue weighted by atomic mass is 79.9. The second kappa shape index (κ2) is 3.87. The first-order valence-electron chi connectivity index (χ1n) is 4.36. The number of phenolic OH excluding ortho intramolecular Hbond substituents is 1. The molecule has 4 heteroatoms. The molecule has 0 spiro atoms. The first kappa shape index (κ1) is 11.5. The monoisotopic (exact) mass is 261 g/mol. The maximum absolute atomic E-state index is 13.1. The van der Waals surface area contributed by atoms with E-state index in [1.165, 1.54) is 12.1 Å². The Bertz CT molecular complexity index is 352. The summed E-state index contributed by atoms with van der Waals surface area (Å²) in [6, 6.07) is 2.48. The van der Waals surface area contributed by atoms with Crippen molar-refractivity contribution in [3.05, 3.63) is 28.0 Å². The Morgan fingerprint density at radius 3 is 2.64 bits per heavy atom. The van der Waals surface area contributed by atoms with Crippen molar-refractivity contribution < 1.29 is 9.50 Å². The second-order valence-corrected chi connectivity index (χ2v) is 4.41. The molecule has 0 aromatic heterocycles. The van der Waals surface area contributed by atoms with Crippen LogP contribution in [0.15, 0.2) is 16.6 Å². The SMILES string of the molecule is CCC(C)(N)c1cc(F)cc(Br)c1O. The largest absolute Gasteiger partial charge is 0.506 e. The highest BCUT2D eigenvalue weighted by Gasteiger charge is 2.24. The van der Waals surface area contributed by atoms with Crippen LogP contribution in [0.2, 0.25) is 0 Å². The van der Waals surface area contributed by atoms with E-state index in [1.807, 2.05) is 6.92 Å². The van der Waals surface area contributed by atoms with E-state index < -0.39 is 11.4 Å². The van der Waals surface area contributed by atoms with Crippen LogP contribution < -0.4 is 5.73 Å². The lowest BCUT2D eigenvalue weighted by Crippen LogP contribution is -2.32. The first-order valence-corrected chi connectivity index (χ1v) is 5.15. The average molecular weight is 262 g/mol. The zero-order chi connectivity index (χ0) is 10.9. The van der Waals surface area contributed by atoms with Crippen LogP contribution in [-0.2, 0) is 5.54 Å². The number of halogens is 2. The van der Waals surface area contributed by atoms with Gasteiger partial charge in [-0.15, -0.1) is 0 Å². The Hall–Kier alpha value is -0.610. The van der Waals surface area contributed by atoms with Gasteiger partial charge in [0.15, 0.2) is 0 Å². The minimum atomic E-state index is -0.714. The highest BCUT2D eigenvalue weighted by molar-refractivity contribution is 9.10. The van der Waals surface area contributed by atoms with E-state index in [4.69, 9.17) is 5.73 Å². The smallest absolute Gasteiger partial charge is 0.135 e. The van der Waals surface area contributed by atoms with E-state index in [2.05, 4.69) is 15.9 Å². The fraction of sp³-hybridized carbons (Fsp3) is 0.400. The molecule has 0 aliphatic rings. The molecule has 1 rings (SSSR count). The molecule has 1 aromatic rings. The maximum Gasteiger partial charge on any atom is 0.135 e. The molecule has 0 fully saturated rings. The summed E-state index contributed by atoms with van der Waals surface area (Å²) in [6.45, 7) is 3.65. The minimum absolute atomic E-state index is 0.0123. The number of nitrogens with two attached hydrogens (primary N) is 1. The second-order valence-electron chi connectivity index (χ2n) is 3.55. The lowest BCUT2D eigenvalue weighted by molar-refractivity contribution is 0.411. The van der Waals surface area contributed by atoms with Gasteiger partial charge in [-0.05, 0) is 41.4 Å². The molecule has 78 valence electrons. The van der Waals surface area contributed by atoms with Gasteiger partial charge < -0.3 is 10.8 Å². The Kier molecular flexibility index (Phi) is 3.17. The molecule has 0 aliphatic carbocycles. The normalized spacial score (nSPS) is 15.2. The van der Waals surface area contributed by atoms with E-state index in [0.29, 0.717) is 16.5 Å². The highest BCUT2D eigenvalue weighted by Crippen LogP contribution is 2.35. The number of benzene rings is 1. The number of hydrogen-bond acceptors (Lipinski definition) is 2. The molecular formula is C10H13BrFNO. The molecule has 2 nitrogen and oxygen atoms in total. The van der Waals surface area contributed by atoms with E-state index in [1.54, 1.807) is 6.92 Å². The summed E-state index contributed by atoms with van der Waals surface area (Å²) in [5.41, 5.74) is 5.64. The summed E-state index contributed by atoms with van der Waals surface area (Å²) < 4.78 is 13.4. The molecule has 0 radical (unpaired) electrons. The van der Waals surface area contributed by atoms with Gasteiger partial charge in [-0.25, -0.2) is 4.39 Å². The molecule has 0 heterocycles. The van der Waals surface area contributed by atoms with Gasteiger partial charge >= 0.3 is 0 Å². The Morgan fingerprint density at radius 1 is 1.57 bits per heavy atom. The van der Waals surface area contributed by atoms with Crippen LogP contribution >= 0.6 is 15.9 Å². The molecule has 0 saturated carbocycles. The number of rotatable bonds is 2. The molecular weight excluding hydrogens is 249 g/mol. The first-order chi connectivity index (χ1) is 6.38. The van der Waals surface area contributed by atoms with Gasteiger partial charge in [-0.3, -0.25) is 0 Å². The van der Waals surface area contributed by atoms with Crippen LogP contribution in [0.5, 0.6) is 5.75 Å². The lowest BCUT2D eigenvalue weighted by atomic mass is 9.90. The van der Waals surface area contributed by atoms with Crippen molar-refractivity contribution in [3.8, 4) is 5.75 Å². The van der Waals surface area contributed by atoms with Gasteiger partial charge in [0.05, 0.1) is 4.47 Å². The summed E-state index contributed by atoms with van der Waals surface area (Å²) in [5, 5.41) is 9.70. The molecule has 1 atom stereocenters. The molecule has 0 saturated heterocycles. The molecule has 3 N–H and O–H groups in total. The predicted octanol–water partition coefficient (Wildman–Crippen LogP) is 2.88. The van der Waals surface area contributed by atoms with Gasteiger partial charge in [0.1, 0.15) is 11.6 Å². The Balaban J connectivity index is 3.34. The number of hydrogen-bond donors (Lipinski definition) is 2. The third-order valence-electron chi connectivity index (χ3n) is 2.38. The number of phenols is 1. The van der Waals surface area contributed by atoms with Crippen molar-refractivity contribution in [2.45, 2.75) is 25.8 Å². The van der Waals surface area contributed by atoms with Crippen LogP contribution in [0.3, 0.4) is 0 Å². The summed E-state index contributed by atoms with van der Waals surface area (Å²) in [6.07, 6.45) is 0.621. The minimum Gasteiger partial charge on any atom is -0.506 e. The summed E-state index contributed by atoms with van der Waals surface area (Å²) in [4.78, 5) is 0. The van der Waals surface area contributed by atoms with E-state index in [-0.39, 0.29) is 5.75 Å². The van der Waals surface area contributed by atoms with Gasteiger partial charge in [-0.2, -0.15) is 0 Å². The predicted molar refractivity (Wildman–Crippen MR) is 57.6 cm³/mol. The zero-order valence-electron chi connectivity index (χ0n) is 8.14. The van der Waals surface area contributed by atoms with Crippen LogP contribution in [0.25, 0.3) is 0 Å². The maximum atomic E-state index is 13.1.